The zero-order valence-corrected chi connectivity index (χ0v) is 14.5. The molecule has 0 bridgehead atoms. The molecule has 0 atom stereocenters. The van der Waals surface area contributed by atoms with E-state index in [2.05, 4.69) is 26.2 Å². The van der Waals surface area contributed by atoms with Crippen LogP contribution in [-0.4, -0.2) is 24.1 Å². The Morgan fingerprint density at radius 1 is 1.26 bits per heavy atom. The lowest BCUT2D eigenvalue weighted by Crippen LogP contribution is -2.23. The van der Waals surface area contributed by atoms with Gasteiger partial charge in [0.1, 0.15) is 0 Å². The first-order chi connectivity index (χ1) is 11.1. The second kappa shape index (κ2) is 7.19. The Morgan fingerprint density at radius 3 is 2.91 bits per heavy atom. The summed E-state index contributed by atoms with van der Waals surface area (Å²) in [4.78, 5) is 16.1. The van der Waals surface area contributed by atoms with Crippen LogP contribution >= 0.6 is 27.5 Å². The number of rotatable bonds is 3. The summed E-state index contributed by atoms with van der Waals surface area (Å²) >= 11 is 9.53. The van der Waals surface area contributed by atoms with Gasteiger partial charge >= 0.3 is 0 Å². The molecule has 0 spiro atoms. The summed E-state index contributed by atoms with van der Waals surface area (Å²) in [6, 6.07) is 5.32. The molecule has 1 N–H and O–H groups in total. The van der Waals surface area contributed by atoms with Gasteiger partial charge in [-0.25, -0.2) is 0 Å². The van der Waals surface area contributed by atoms with Crippen LogP contribution in [0.2, 0.25) is 5.02 Å². The Hall–Kier alpha value is -1.79. The fourth-order valence-corrected chi connectivity index (χ4v) is 2.86. The van der Waals surface area contributed by atoms with E-state index in [1.807, 2.05) is 6.07 Å². The van der Waals surface area contributed by atoms with E-state index in [4.69, 9.17) is 21.1 Å². The van der Waals surface area contributed by atoms with Gasteiger partial charge in [-0.2, -0.15) is 0 Å². The number of amides is 1. The Morgan fingerprint density at radius 2 is 2.09 bits per heavy atom. The number of benzene rings is 1. The third-order valence-corrected chi connectivity index (χ3v) is 4.00. The molecule has 1 aromatic carbocycles. The lowest BCUT2D eigenvalue weighted by Gasteiger charge is -2.12. The highest BCUT2D eigenvalue weighted by atomic mass is 79.9. The minimum absolute atomic E-state index is 0.206. The van der Waals surface area contributed by atoms with Crippen LogP contribution < -0.4 is 14.8 Å². The number of aromatic nitrogens is 1. The van der Waals surface area contributed by atoms with Gasteiger partial charge in [-0.15, -0.1) is 0 Å². The van der Waals surface area contributed by atoms with Crippen LogP contribution in [0.3, 0.4) is 0 Å². The summed E-state index contributed by atoms with van der Waals surface area (Å²) in [6.07, 6.45) is 3.95. The number of hydrogen-bond acceptors (Lipinski definition) is 4. The first-order valence-electron chi connectivity index (χ1n) is 7.10. The molecule has 2 heterocycles. The largest absolute Gasteiger partial charge is 0.489 e. The van der Waals surface area contributed by atoms with Gasteiger partial charge in [0.15, 0.2) is 11.5 Å². The van der Waals surface area contributed by atoms with Crippen molar-refractivity contribution in [2.75, 3.05) is 13.2 Å². The lowest BCUT2D eigenvalue weighted by atomic mass is 10.2. The zero-order valence-electron chi connectivity index (χ0n) is 12.1. The van der Waals surface area contributed by atoms with Gasteiger partial charge in [0.2, 0.25) is 0 Å². The van der Waals surface area contributed by atoms with Crippen LogP contribution in [0.5, 0.6) is 11.5 Å². The maximum Gasteiger partial charge on any atom is 0.253 e. The standard InChI is InChI=1S/C16H14BrClN2O3/c17-12-6-11(8-19-9-12)16(21)20-7-10-4-13(18)15-14(5-10)22-2-1-3-23-15/h4-6,8-9H,1-3,7H2,(H,20,21). The third-order valence-electron chi connectivity index (χ3n) is 3.28. The molecule has 1 aliphatic rings. The average Bonchev–Trinajstić information content (AvgIpc) is 2.78. The molecule has 23 heavy (non-hydrogen) atoms. The molecule has 120 valence electrons. The summed E-state index contributed by atoms with van der Waals surface area (Å²) in [5, 5.41) is 3.32. The minimum atomic E-state index is -0.206. The predicted octanol–water partition coefficient (Wildman–Crippen LogP) is 3.59. The highest BCUT2D eigenvalue weighted by Gasteiger charge is 2.16. The van der Waals surface area contributed by atoms with Crippen LogP contribution in [0.4, 0.5) is 0 Å². The molecule has 2 aromatic rings. The first-order valence-corrected chi connectivity index (χ1v) is 8.27. The van der Waals surface area contributed by atoms with Crippen molar-refractivity contribution in [1.82, 2.24) is 10.3 Å². The van der Waals surface area contributed by atoms with E-state index in [1.165, 1.54) is 6.20 Å². The van der Waals surface area contributed by atoms with Crippen molar-refractivity contribution in [2.45, 2.75) is 13.0 Å². The summed E-state index contributed by atoms with van der Waals surface area (Å²) in [6.45, 7) is 1.50. The maximum atomic E-state index is 12.1. The quantitative estimate of drug-likeness (QED) is 0.860. The van der Waals surface area contributed by atoms with Crippen LogP contribution in [0.1, 0.15) is 22.3 Å². The molecule has 3 rings (SSSR count). The second-order valence-corrected chi connectivity index (χ2v) is 6.35. The van der Waals surface area contributed by atoms with E-state index in [9.17, 15) is 4.79 Å². The fraction of sp³-hybridized carbons (Fsp3) is 0.250. The molecule has 0 saturated heterocycles. The molecule has 0 unspecified atom stereocenters. The van der Waals surface area contributed by atoms with Crippen LogP contribution in [0.25, 0.3) is 0 Å². The van der Waals surface area contributed by atoms with Crippen molar-refractivity contribution in [2.24, 2.45) is 0 Å². The molecular weight excluding hydrogens is 384 g/mol. The zero-order chi connectivity index (χ0) is 16.2. The lowest BCUT2D eigenvalue weighted by molar-refractivity contribution is 0.0950. The Bertz CT molecular complexity index is 739. The Balaban J connectivity index is 1.72. The average molecular weight is 398 g/mol. The normalized spacial score (nSPS) is 13.3. The second-order valence-electron chi connectivity index (χ2n) is 5.03. The summed E-state index contributed by atoms with van der Waals surface area (Å²) < 4.78 is 12.0. The first kappa shape index (κ1) is 16.1. The van der Waals surface area contributed by atoms with Crippen molar-refractivity contribution < 1.29 is 14.3 Å². The maximum absolute atomic E-state index is 12.1. The molecule has 0 aliphatic carbocycles. The van der Waals surface area contributed by atoms with Gasteiger partial charge in [0, 0.05) is 29.8 Å². The SMILES string of the molecule is O=C(NCc1cc(Cl)c2c(c1)OCCCO2)c1cncc(Br)c1. The molecule has 0 fully saturated rings. The van der Waals surface area contributed by atoms with Crippen molar-refractivity contribution >= 4 is 33.4 Å². The van der Waals surface area contributed by atoms with Gasteiger partial charge in [-0.3, -0.25) is 9.78 Å². The molecule has 1 amide bonds. The number of nitrogens with one attached hydrogen (secondary N) is 1. The van der Waals surface area contributed by atoms with E-state index < -0.39 is 0 Å². The molecule has 1 aromatic heterocycles. The number of hydrogen-bond donors (Lipinski definition) is 1. The fourth-order valence-electron chi connectivity index (χ4n) is 2.21. The number of pyridine rings is 1. The molecule has 0 radical (unpaired) electrons. The van der Waals surface area contributed by atoms with E-state index >= 15 is 0 Å². The number of carbonyl (C=O) groups is 1. The van der Waals surface area contributed by atoms with E-state index in [-0.39, 0.29) is 5.91 Å². The molecule has 1 aliphatic heterocycles. The molecular formula is C16H14BrClN2O3. The summed E-state index contributed by atoms with van der Waals surface area (Å²) in [7, 11) is 0. The van der Waals surface area contributed by atoms with Crippen molar-refractivity contribution in [1.29, 1.82) is 0 Å². The molecule has 7 heteroatoms. The van der Waals surface area contributed by atoms with E-state index in [0.29, 0.717) is 41.8 Å². The van der Waals surface area contributed by atoms with Crippen LogP contribution in [0.15, 0.2) is 35.1 Å². The number of halogens is 2. The number of fused-ring (bicyclic) bond motifs is 1. The van der Waals surface area contributed by atoms with Crippen LogP contribution in [0, 0.1) is 0 Å². The van der Waals surface area contributed by atoms with Gasteiger partial charge in [0.05, 0.1) is 23.8 Å². The predicted molar refractivity (Wildman–Crippen MR) is 90.2 cm³/mol. The van der Waals surface area contributed by atoms with Crippen LogP contribution in [-0.2, 0) is 6.54 Å². The Labute approximate surface area is 147 Å². The monoisotopic (exact) mass is 396 g/mol. The highest BCUT2D eigenvalue weighted by Crippen LogP contribution is 2.37. The van der Waals surface area contributed by atoms with Crippen molar-refractivity contribution in [3.8, 4) is 11.5 Å². The smallest absolute Gasteiger partial charge is 0.253 e. The molecule has 0 saturated carbocycles. The number of ether oxygens (including phenoxy) is 2. The van der Waals surface area contributed by atoms with Crippen molar-refractivity contribution in [3.63, 3.8) is 0 Å². The highest BCUT2D eigenvalue weighted by molar-refractivity contribution is 9.10. The molecule has 5 nitrogen and oxygen atoms in total. The third kappa shape index (κ3) is 3.95. The number of carbonyl (C=O) groups excluding carboxylic acids is 1. The topological polar surface area (TPSA) is 60.5 Å². The minimum Gasteiger partial charge on any atom is -0.489 e. The Kier molecular flexibility index (Phi) is 5.03. The van der Waals surface area contributed by atoms with E-state index in [0.717, 1.165) is 16.5 Å². The summed E-state index contributed by atoms with van der Waals surface area (Å²) in [5.41, 5.74) is 1.33. The van der Waals surface area contributed by atoms with Crippen molar-refractivity contribution in [3.05, 3.63) is 51.2 Å². The summed E-state index contributed by atoms with van der Waals surface area (Å²) in [5.74, 6) is 0.973. The van der Waals surface area contributed by atoms with Gasteiger partial charge in [-0.05, 0) is 39.7 Å². The van der Waals surface area contributed by atoms with Gasteiger partial charge < -0.3 is 14.8 Å². The number of nitrogens with zero attached hydrogens (tertiary/aromatic N) is 1. The van der Waals surface area contributed by atoms with Gasteiger partial charge in [-0.1, -0.05) is 11.6 Å². The van der Waals surface area contributed by atoms with Gasteiger partial charge in [0.25, 0.3) is 5.91 Å². The van der Waals surface area contributed by atoms with E-state index in [1.54, 1.807) is 18.3 Å².